The molecule has 0 spiro atoms. The molecule has 0 N–H and O–H groups in total. The first kappa shape index (κ1) is 21.7. The van der Waals surface area contributed by atoms with E-state index in [1.807, 2.05) is 55.5 Å². The van der Waals surface area contributed by atoms with Crippen LogP contribution >= 0.6 is 35.0 Å². The molecule has 152 valence electrons. The fraction of sp³-hybridized carbons (Fsp3) is 0.524. The van der Waals surface area contributed by atoms with E-state index in [4.69, 9.17) is 0 Å². The lowest BCUT2D eigenvalue weighted by Crippen LogP contribution is -2.15. The lowest BCUT2D eigenvalue weighted by Gasteiger charge is -2.17. The number of hydrogen-bond acceptors (Lipinski definition) is 6. The van der Waals surface area contributed by atoms with Crippen molar-refractivity contribution in [2.24, 2.45) is 18.9 Å². The maximum atomic E-state index is 4.47. The summed E-state index contributed by atoms with van der Waals surface area (Å²) in [5.74, 6) is 1.68. The van der Waals surface area contributed by atoms with Gasteiger partial charge in [0.05, 0.1) is 15.7 Å². The van der Waals surface area contributed by atoms with Crippen molar-refractivity contribution < 1.29 is 0 Å². The maximum Gasteiger partial charge on any atom is 0.167 e. The summed E-state index contributed by atoms with van der Waals surface area (Å²) in [4.78, 5) is 10.2. The van der Waals surface area contributed by atoms with E-state index >= 15 is 0 Å². The van der Waals surface area contributed by atoms with Gasteiger partial charge in [-0.05, 0) is 54.8 Å². The number of aromatic nitrogens is 3. The third kappa shape index (κ3) is 4.58. The molecule has 3 aromatic rings. The summed E-state index contributed by atoms with van der Waals surface area (Å²) in [6.45, 7) is 6.42. The van der Waals surface area contributed by atoms with Gasteiger partial charge in [0, 0.05) is 42.7 Å². The van der Waals surface area contributed by atoms with Gasteiger partial charge in [0.2, 0.25) is 0 Å². The summed E-state index contributed by atoms with van der Waals surface area (Å²) in [6, 6.07) is 6.66. The largest absolute Gasteiger partial charge is 0.329 e. The number of imidazole rings is 1. The van der Waals surface area contributed by atoms with Crippen LogP contribution in [0.3, 0.4) is 0 Å². The second-order valence-electron chi connectivity index (χ2n) is 6.97. The van der Waals surface area contributed by atoms with Gasteiger partial charge in [-0.3, -0.25) is 0 Å². The zero-order valence-corrected chi connectivity index (χ0v) is 18.5. The highest BCUT2D eigenvalue weighted by atomic mass is 32.2. The van der Waals surface area contributed by atoms with E-state index in [-0.39, 0.29) is 7.43 Å². The number of thiazole rings is 1. The van der Waals surface area contributed by atoms with Crippen molar-refractivity contribution in [3.8, 4) is 0 Å². The minimum Gasteiger partial charge on any atom is -0.329 e. The summed E-state index contributed by atoms with van der Waals surface area (Å²) in [6.07, 6.45) is 6.58. The Bertz CT molecular complexity index is 877. The van der Waals surface area contributed by atoms with Gasteiger partial charge in [-0.25, -0.2) is 14.3 Å². The molecular weight excluding hydrogens is 404 g/mol. The van der Waals surface area contributed by atoms with Crippen molar-refractivity contribution in [1.29, 1.82) is 0 Å². The highest BCUT2D eigenvalue weighted by Crippen LogP contribution is 2.46. The maximum absolute atomic E-state index is 4.47. The quantitative estimate of drug-likeness (QED) is 0.457. The summed E-state index contributed by atoms with van der Waals surface area (Å²) in [5.41, 5.74) is 3.06. The molecule has 2 fully saturated rings. The van der Waals surface area contributed by atoms with Crippen LogP contribution < -0.4 is 0 Å². The van der Waals surface area contributed by atoms with E-state index in [1.54, 1.807) is 11.3 Å². The molecule has 1 saturated heterocycles. The molecule has 2 aliphatic rings. The molecule has 2 unspecified atom stereocenters. The Kier molecular flexibility index (Phi) is 7.48. The van der Waals surface area contributed by atoms with Crippen molar-refractivity contribution in [3.63, 3.8) is 0 Å². The van der Waals surface area contributed by atoms with Crippen LogP contribution in [-0.2, 0) is 7.05 Å². The molecule has 1 aliphatic heterocycles. The van der Waals surface area contributed by atoms with Gasteiger partial charge in [0.25, 0.3) is 0 Å². The van der Waals surface area contributed by atoms with Gasteiger partial charge in [0.15, 0.2) is 5.16 Å². The van der Waals surface area contributed by atoms with Crippen molar-refractivity contribution in [1.82, 2.24) is 18.8 Å². The Balaban J connectivity index is 0.000000728. The molecule has 5 rings (SSSR count). The van der Waals surface area contributed by atoms with Crippen LogP contribution in [-0.4, -0.2) is 37.2 Å². The Hall–Kier alpha value is -1.02. The monoisotopic (exact) mass is 434 g/mol. The number of nitrogens with zero attached hydrogens (tertiary/aromatic N) is 4. The number of hydrogen-bond donors (Lipinski definition) is 0. The molecule has 0 amide bonds. The summed E-state index contributed by atoms with van der Waals surface area (Å²) >= 11 is 5.59. The van der Waals surface area contributed by atoms with Gasteiger partial charge in [-0.15, -0.1) is 11.3 Å². The van der Waals surface area contributed by atoms with Crippen molar-refractivity contribution in [3.05, 3.63) is 36.1 Å². The van der Waals surface area contributed by atoms with Crippen molar-refractivity contribution >= 4 is 45.3 Å². The van der Waals surface area contributed by atoms with Crippen LogP contribution in [0.5, 0.6) is 0 Å². The van der Waals surface area contributed by atoms with E-state index < -0.39 is 0 Å². The molecule has 1 aliphatic carbocycles. The topological polar surface area (TPSA) is 34.0 Å². The minimum absolute atomic E-state index is 0. The third-order valence-electron chi connectivity index (χ3n) is 5.26. The number of fused-ring (bicyclic) bond motifs is 2. The molecule has 28 heavy (non-hydrogen) atoms. The third-order valence-corrected chi connectivity index (χ3v) is 8.41. The number of benzene rings is 1. The van der Waals surface area contributed by atoms with Crippen LogP contribution in [0.25, 0.3) is 10.2 Å². The van der Waals surface area contributed by atoms with E-state index in [9.17, 15) is 0 Å². The highest BCUT2D eigenvalue weighted by molar-refractivity contribution is 7.99. The zero-order valence-electron chi connectivity index (χ0n) is 16.0. The van der Waals surface area contributed by atoms with Gasteiger partial charge in [-0.2, -0.15) is 0 Å². The van der Waals surface area contributed by atoms with Crippen LogP contribution in [0.15, 0.2) is 46.2 Å². The lowest BCUT2D eigenvalue weighted by atomic mass is 10.0. The van der Waals surface area contributed by atoms with Crippen LogP contribution in [0.4, 0.5) is 0 Å². The fourth-order valence-corrected chi connectivity index (χ4v) is 7.15. The molecule has 0 bridgehead atoms. The molecule has 1 aromatic carbocycles. The molecule has 0 radical (unpaired) electrons. The highest BCUT2D eigenvalue weighted by Gasteiger charge is 2.41. The molecule has 7 heteroatoms. The van der Waals surface area contributed by atoms with Gasteiger partial charge < -0.3 is 4.57 Å². The second-order valence-corrected chi connectivity index (χ2v) is 10.3. The summed E-state index contributed by atoms with van der Waals surface area (Å²) in [7, 11) is 2.09. The first-order chi connectivity index (χ1) is 13.2. The summed E-state index contributed by atoms with van der Waals surface area (Å²) < 4.78 is 5.97. The Morgan fingerprint density at radius 2 is 1.86 bits per heavy atom. The second kappa shape index (κ2) is 9.65. The first-order valence-electron chi connectivity index (χ1n) is 9.65. The Morgan fingerprint density at radius 3 is 2.54 bits per heavy atom. The number of rotatable bonds is 4. The lowest BCUT2D eigenvalue weighted by molar-refractivity contribution is 0.494. The van der Waals surface area contributed by atoms with Crippen molar-refractivity contribution in [2.75, 3.05) is 13.1 Å². The Morgan fingerprint density at radius 1 is 1.11 bits per heavy atom. The fourth-order valence-electron chi connectivity index (χ4n) is 4.03. The predicted octanol–water partition coefficient (Wildman–Crippen LogP) is 6.20. The van der Waals surface area contributed by atoms with E-state index in [1.165, 1.54) is 35.5 Å². The molecule has 3 heterocycles. The van der Waals surface area contributed by atoms with E-state index in [0.717, 1.165) is 27.8 Å². The molecule has 1 saturated carbocycles. The average molecular weight is 435 g/mol. The van der Waals surface area contributed by atoms with Gasteiger partial charge in [-0.1, -0.05) is 33.0 Å². The minimum atomic E-state index is 0. The van der Waals surface area contributed by atoms with E-state index in [0.29, 0.717) is 0 Å². The Labute approximate surface area is 181 Å². The van der Waals surface area contributed by atoms with Gasteiger partial charge >= 0.3 is 0 Å². The predicted molar refractivity (Wildman–Crippen MR) is 124 cm³/mol. The van der Waals surface area contributed by atoms with Gasteiger partial charge in [0.1, 0.15) is 0 Å². The van der Waals surface area contributed by atoms with Crippen LogP contribution in [0, 0.1) is 11.8 Å². The smallest absolute Gasteiger partial charge is 0.167 e. The molecular formula is C21H30N4S3. The van der Waals surface area contributed by atoms with Crippen LogP contribution in [0.2, 0.25) is 0 Å². The zero-order chi connectivity index (χ0) is 18.8. The standard InChI is InChI=1S/C18H20N4S3.C2H6.CH4/c1-21-5-4-19-18(21)24-15-6-12-9-22(10-13(12)7-15)25-14-2-3-17-16(8-14)20-11-23-17;1-2;/h2-5,8,11-13,15H,6-7,9-10H2,1H3;1-2H3;1H4/t12-,13?,15?;;/m1../s1. The normalized spacial score (nSPS) is 23.9. The summed E-state index contributed by atoms with van der Waals surface area (Å²) in [5, 5.41) is 1.89. The SMILES string of the molecule is C.CC.Cn1ccnc1SC1CC2CN(Sc3ccc4scnc4c3)C[C@H]2C1. The number of thioether (sulfide) groups is 1. The molecule has 4 nitrogen and oxygen atoms in total. The molecule has 2 aromatic heterocycles. The first-order valence-corrected chi connectivity index (χ1v) is 12.2. The van der Waals surface area contributed by atoms with Crippen LogP contribution in [0.1, 0.15) is 34.1 Å². The average Bonchev–Trinajstić information content (AvgIpc) is 3.42. The van der Waals surface area contributed by atoms with E-state index in [2.05, 4.69) is 44.1 Å². The number of aryl methyl sites for hydroxylation is 1. The molecule has 3 atom stereocenters. The van der Waals surface area contributed by atoms with Crippen molar-refractivity contribution in [2.45, 2.75) is 49.4 Å².